The lowest BCUT2D eigenvalue weighted by Crippen LogP contribution is -2.41. The van der Waals surface area contributed by atoms with Crippen LogP contribution in [0.25, 0.3) is 0 Å². The number of carbonyl (C=O) groups is 2. The van der Waals surface area contributed by atoms with Crippen LogP contribution in [0.3, 0.4) is 0 Å². The number of hydrogen-bond donors (Lipinski definition) is 1. The van der Waals surface area contributed by atoms with Crippen LogP contribution in [0.2, 0.25) is 0 Å². The van der Waals surface area contributed by atoms with Crippen LogP contribution >= 0.6 is 0 Å². The Morgan fingerprint density at radius 2 is 2.08 bits per heavy atom. The van der Waals surface area contributed by atoms with Gasteiger partial charge in [0.25, 0.3) is 0 Å². The number of hydrogen-bond acceptors (Lipinski definition) is 4. The van der Waals surface area contributed by atoms with Crippen molar-refractivity contribution in [3.8, 4) is 0 Å². The average Bonchev–Trinajstić information content (AvgIpc) is 3.11. The zero-order chi connectivity index (χ0) is 18.9. The Kier molecular flexibility index (Phi) is 4.80. The molecule has 0 aliphatic carbocycles. The number of benzene rings is 1. The van der Waals surface area contributed by atoms with Gasteiger partial charge in [0.05, 0.1) is 13.1 Å². The van der Waals surface area contributed by atoms with E-state index in [0.29, 0.717) is 25.5 Å². The molecule has 2 aliphatic heterocycles. The van der Waals surface area contributed by atoms with Crippen LogP contribution in [-0.4, -0.2) is 61.1 Å². The van der Waals surface area contributed by atoms with Crippen LogP contribution in [0.4, 0.5) is 19.3 Å². The van der Waals surface area contributed by atoms with Gasteiger partial charge < -0.3 is 15.0 Å². The molecule has 9 heteroatoms. The second-order valence-electron chi connectivity index (χ2n) is 6.80. The van der Waals surface area contributed by atoms with E-state index >= 15 is 0 Å². The van der Waals surface area contributed by atoms with Gasteiger partial charge in [-0.15, -0.1) is 0 Å². The van der Waals surface area contributed by atoms with Crippen LogP contribution in [0, 0.1) is 11.6 Å². The third-order valence-electron chi connectivity index (χ3n) is 4.11. The van der Waals surface area contributed by atoms with Crippen LogP contribution in [-0.2, 0) is 9.53 Å². The summed E-state index contributed by atoms with van der Waals surface area (Å²) >= 11 is 0. The van der Waals surface area contributed by atoms with Gasteiger partial charge >= 0.3 is 6.03 Å². The summed E-state index contributed by atoms with van der Waals surface area (Å²) in [6, 6.07) is 2.84. The highest BCUT2D eigenvalue weighted by molar-refractivity contribution is 5.96. The van der Waals surface area contributed by atoms with E-state index in [1.807, 2.05) is 13.8 Å². The molecule has 0 atom stereocenters. The molecule has 0 bridgehead atoms. The number of nitrogens with one attached hydrogen (secondary N) is 1. The molecule has 7 nitrogen and oxygen atoms in total. The Balaban J connectivity index is 1.52. The number of ether oxygens (including phenoxy) is 1. The van der Waals surface area contributed by atoms with E-state index in [1.165, 1.54) is 15.9 Å². The van der Waals surface area contributed by atoms with Crippen molar-refractivity contribution in [3.05, 3.63) is 29.8 Å². The first-order chi connectivity index (χ1) is 12.2. The molecule has 1 aromatic rings. The lowest BCUT2D eigenvalue weighted by molar-refractivity contribution is -0.121. The Morgan fingerprint density at radius 1 is 1.31 bits per heavy atom. The maximum absolute atomic E-state index is 13.4. The smallest absolute Gasteiger partial charge is 0.325 e. The van der Waals surface area contributed by atoms with E-state index in [4.69, 9.17) is 4.74 Å². The third kappa shape index (κ3) is 3.92. The topological polar surface area (TPSA) is 74.2 Å². The van der Waals surface area contributed by atoms with Crippen molar-refractivity contribution in [3.63, 3.8) is 0 Å². The summed E-state index contributed by atoms with van der Waals surface area (Å²) in [7, 11) is 0. The standard InChI is InChI=1S/C17H20F2N4O3/c1-17(2)10-21-15(26-17)8-20-14(24)9-22-5-6-23(16(22)25)11-3-4-12(18)13(19)7-11/h3-4,7H,5-6,8-10H2,1-2H3,(H,20,24). The Morgan fingerprint density at radius 3 is 2.73 bits per heavy atom. The summed E-state index contributed by atoms with van der Waals surface area (Å²) in [6.07, 6.45) is 0. The van der Waals surface area contributed by atoms with Crippen molar-refractivity contribution in [1.82, 2.24) is 10.2 Å². The molecule has 1 aromatic carbocycles. The molecule has 2 aliphatic rings. The Labute approximate surface area is 149 Å². The first kappa shape index (κ1) is 18.1. The third-order valence-corrected chi connectivity index (χ3v) is 4.11. The number of anilines is 1. The largest absolute Gasteiger partial charge is 0.472 e. The van der Waals surface area contributed by atoms with Gasteiger partial charge in [-0.3, -0.25) is 9.69 Å². The molecule has 140 valence electrons. The van der Waals surface area contributed by atoms with E-state index in [0.717, 1.165) is 12.1 Å². The minimum atomic E-state index is -1.02. The summed E-state index contributed by atoms with van der Waals surface area (Å²) in [6.45, 7) is 4.98. The quantitative estimate of drug-likeness (QED) is 0.859. The molecule has 0 radical (unpaired) electrons. The predicted octanol–water partition coefficient (Wildman–Crippen LogP) is 1.53. The zero-order valence-electron chi connectivity index (χ0n) is 14.6. The molecule has 1 fully saturated rings. The number of nitrogens with zero attached hydrogens (tertiary/aromatic N) is 3. The molecular weight excluding hydrogens is 346 g/mol. The number of urea groups is 1. The molecule has 3 rings (SSSR count). The summed E-state index contributed by atoms with van der Waals surface area (Å²) in [4.78, 5) is 31.3. The van der Waals surface area contributed by atoms with Crippen molar-refractivity contribution in [2.45, 2.75) is 19.4 Å². The van der Waals surface area contributed by atoms with Crippen molar-refractivity contribution >= 4 is 23.5 Å². The zero-order valence-corrected chi connectivity index (χ0v) is 14.6. The molecular formula is C17H20F2N4O3. The minimum Gasteiger partial charge on any atom is -0.472 e. The summed E-state index contributed by atoms with van der Waals surface area (Å²) < 4.78 is 32.0. The molecule has 3 amide bonds. The SMILES string of the molecule is CC1(C)CN=C(CNC(=O)CN2CCN(c3ccc(F)c(F)c3)C2=O)O1. The van der Waals surface area contributed by atoms with E-state index in [9.17, 15) is 18.4 Å². The highest BCUT2D eigenvalue weighted by atomic mass is 19.2. The fraction of sp³-hybridized carbons (Fsp3) is 0.471. The highest BCUT2D eigenvalue weighted by Gasteiger charge is 2.32. The van der Waals surface area contributed by atoms with E-state index in [-0.39, 0.29) is 30.3 Å². The normalized spacial score (nSPS) is 18.8. The molecule has 26 heavy (non-hydrogen) atoms. The Bertz CT molecular complexity index is 766. The van der Waals surface area contributed by atoms with Gasteiger partial charge in [0.15, 0.2) is 11.6 Å². The van der Waals surface area contributed by atoms with Crippen LogP contribution in [0.15, 0.2) is 23.2 Å². The summed E-state index contributed by atoms with van der Waals surface area (Å²) in [5.41, 5.74) is -0.108. The van der Waals surface area contributed by atoms with Crippen molar-refractivity contribution < 1.29 is 23.1 Å². The number of rotatable bonds is 5. The van der Waals surface area contributed by atoms with Crippen LogP contribution in [0.1, 0.15) is 13.8 Å². The summed E-state index contributed by atoms with van der Waals surface area (Å²) in [5, 5.41) is 2.66. The number of carbonyl (C=O) groups excluding carboxylic acids is 2. The van der Waals surface area contributed by atoms with E-state index in [2.05, 4.69) is 10.3 Å². The summed E-state index contributed by atoms with van der Waals surface area (Å²) in [5.74, 6) is -1.88. The fourth-order valence-corrected chi connectivity index (χ4v) is 2.78. The average molecular weight is 366 g/mol. The maximum Gasteiger partial charge on any atom is 0.325 e. The Hall–Kier alpha value is -2.71. The van der Waals surface area contributed by atoms with Gasteiger partial charge in [-0.2, -0.15) is 0 Å². The van der Waals surface area contributed by atoms with Crippen LogP contribution < -0.4 is 10.2 Å². The second-order valence-corrected chi connectivity index (χ2v) is 6.80. The van der Waals surface area contributed by atoms with E-state index in [1.54, 1.807) is 0 Å². The van der Waals surface area contributed by atoms with Gasteiger partial charge in [0, 0.05) is 24.8 Å². The lowest BCUT2D eigenvalue weighted by atomic mass is 10.1. The molecule has 1 N–H and O–H groups in total. The van der Waals surface area contributed by atoms with Crippen molar-refractivity contribution in [2.24, 2.45) is 4.99 Å². The van der Waals surface area contributed by atoms with Gasteiger partial charge in [-0.25, -0.2) is 18.6 Å². The van der Waals surface area contributed by atoms with Gasteiger partial charge in [0.1, 0.15) is 12.1 Å². The molecule has 0 spiro atoms. The number of aliphatic imine (C=N–C) groups is 1. The van der Waals surface area contributed by atoms with Crippen molar-refractivity contribution in [2.75, 3.05) is 37.6 Å². The molecule has 2 heterocycles. The monoisotopic (exact) mass is 366 g/mol. The first-order valence-corrected chi connectivity index (χ1v) is 8.26. The molecule has 0 saturated carbocycles. The van der Waals surface area contributed by atoms with Gasteiger partial charge in [-0.05, 0) is 26.0 Å². The minimum absolute atomic E-state index is 0.129. The van der Waals surface area contributed by atoms with E-state index < -0.39 is 17.7 Å². The second kappa shape index (κ2) is 6.89. The van der Waals surface area contributed by atoms with Gasteiger partial charge in [-0.1, -0.05) is 0 Å². The molecule has 0 aromatic heterocycles. The number of halogens is 2. The maximum atomic E-state index is 13.4. The fourth-order valence-electron chi connectivity index (χ4n) is 2.78. The lowest BCUT2D eigenvalue weighted by Gasteiger charge is -2.19. The highest BCUT2D eigenvalue weighted by Crippen LogP contribution is 2.22. The molecule has 1 saturated heterocycles. The molecule has 0 unspecified atom stereocenters. The predicted molar refractivity (Wildman–Crippen MR) is 91.1 cm³/mol. The number of amides is 3. The first-order valence-electron chi connectivity index (χ1n) is 8.26. The van der Waals surface area contributed by atoms with Crippen molar-refractivity contribution in [1.29, 1.82) is 0 Å². The van der Waals surface area contributed by atoms with Gasteiger partial charge in [0.2, 0.25) is 11.8 Å². The van der Waals surface area contributed by atoms with Crippen LogP contribution in [0.5, 0.6) is 0 Å².